The van der Waals surface area contributed by atoms with Gasteiger partial charge in [-0.2, -0.15) is 5.26 Å². The first-order valence-corrected chi connectivity index (χ1v) is 4.01. The van der Waals surface area contributed by atoms with Crippen LogP contribution >= 0.6 is 0 Å². The van der Waals surface area contributed by atoms with Crippen LogP contribution in [0, 0.1) is 28.5 Å². The molecule has 0 saturated carbocycles. The van der Waals surface area contributed by atoms with Gasteiger partial charge in [0.25, 0.3) is 5.69 Å². The SMILES string of the molecule is Cc1c(CNC#N)cccc1[N+](=O)[O-]. The van der Waals surface area contributed by atoms with Gasteiger partial charge in [0.2, 0.25) is 0 Å². The lowest BCUT2D eigenvalue weighted by Gasteiger charge is -2.03. The van der Waals surface area contributed by atoms with Crippen LogP contribution in [0.3, 0.4) is 0 Å². The lowest BCUT2D eigenvalue weighted by atomic mass is 10.1. The summed E-state index contributed by atoms with van der Waals surface area (Å²) in [4.78, 5) is 10.1. The third kappa shape index (κ3) is 1.98. The normalized spacial score (nSPS) is 9.14. The van der Waals surface area contributed by atoms with Gasteiger partial charge < -0.3 is 5.32 Å². The topological polar surface area (TPSA) is 79.0 Å². The van der Waals surface area contributed by atoms with E-state index in [4.69, 9.17) is 5.26 Å². The maximum atomic E-state index is 10.6. The van der Waals surface area contributed by atoms with Gasteiger partial charge in [-0.05, 0) is 12.5 Å². The van der Waals surface area contributed by atoms with E-state index >= 15 is 0 Å². The molecule has 0 aliphatic heterocycles. The number of hydrogen-bond donors (Lipinski definition) is 1. The van der Waals surface area contributed by atoms with Crippen LogP contribution in [0.15, 0.2) is 18.2 Å². The van der Waals surface area contributed by atoms with Crippen LogP contribution in [-0.4, -0.2) is 4.92 Å². The van der Waals surface area contributed by atoms with Crippen LogP contribution in [0.1, 0.15) is 11.1 Å². The van der Waals surface area contributed by atoms with Crippen molar-refractivity contribution < 1.29 is 4.92 Å². The Bertz CT molecular complexity index is 396. The van der Waals surface area contributed by atoms with Gasteiger partial charge in [-0.1, -0.05) is 12.1 Å². The number of hydrogen-bond acceptors (Lipinski definition) is 4. The molecule has 0 bridgehead atoms. The third-order valence-corrected chi connectivity index (χ3v) is 1.97. The van der Waals surface area contributed by atoms with E-state index in [0.29, 0.717) is 12.1 Å². The maximum Gasteiger partial charge on any atom is 0.272 e. The monoisotopic (exact) mass is 191 g/mol. The number of nitrogens with one attached hydrogen (secondary N) is 1. The van der Waals surface area contributed by atoms with Crippen LogP contribution in [-0.2, 0) is 6.54 Å². The number of nitrogens with zero attached hydrogens (tertiary/aromatic N) is 2. The van der Waals surface area contributed by atoms with Crippen molar-refractivity contribution in [3.05, 3.63) is 39.4 Å². The van der Waals surface area contributed by atoms with Crippen molar-refractivity contribution in [2.24, 2.45) is 0 Å². The number of nitro benzene ring substituents is 1. The lowest BCUT2D eigenvalue weighted by molar-refractivity contribution is -0.385. The highest BCUT2D eigenvalue weighted by atomic mass is 16.6. The van der Waals surface area contributed by atoms with E-state index in [1.54, 1.807) is 25.2 Å². The highest BCUT2D eigenvalue weighted by Crippen LogP contribution is 2.20. The van der Waals surface area contributed by atoms with Crippen molar-refractivity contribution in [3.63, 3.8) is 0 Å². The van der Waals surface area contributed by atoms with E-state index in [-0.39, 0.29) is 5.69 Å². The average molecular weight is 191 g/mol. The summed E-state index contributed by atoms with van der Waals surface area (Å²) < 4.78 is 0. The Hall–Kier alpha value is -2.09. The summed E-state index contributed by atoms with van der Waals surface area (Å²) in [5.41, 5.74) is 1.45. The van der Waals surface area contributed by atoms with Gasteiger partial charge >= 0.3 is 0 Å². The molecule has 0 heterocycles. The van der Waals surface area contributed by atoms with Gasteiger partial charge in [-0.25, -0.2) is 0 Å². The molecule has 0 spiro atoms. The zero-order chi connectivity index (χ0) is 10.6. The number of benzene rings is 1. The zero-order valence-electron chi connectivity index (χ0n) is 7.65. The predicted octanol–water partition coefficient (Wildman–Crippen LogP) is 1.47. The van der Waals surface area contributed by atoms with Crippen molar-refractivity contribution in [1.29, 1.82) is 5.26 Å². The molecule has 72 valence electrons. The number of rotatable bonds is 3. The molecule has 0 radical (unpaired) electrons. The van der Waals surface area contributed by atoms with Crippen LogP contribution < -0.4 is 5.32 Å². The fourth-order valence-corrected chi connectivity index (χ4v) is 1.19. The highest BCUT2D eigenvalue weighted by molar-refractivity contribution is 5.44. The Labute approximate surface area is 81.1 Å². The maximum absolute atomic E-state index is 10.6. The molecular formula is C9H9N3O2. The molecule has 0 aliphatic carbocycles. The molecule has 0 saturated heterocycles. The summed E-state index contributed by atoms with van der Waals surface area (Å²) in [5.74, 6) is 0. The van der Waals surface area contributed by atoms with Gasteiger partial charge in [0.1, 0.15) is 0 Å². The van der Waals surface area contributed by atoms with Gasteiger partial charge in [-0.15, -0.1) is 0 Å². The minimum atomic E-state index is -0.425. The van der Waals surface area contributed by atoms with E-state index in [0.717, 1.165) is 5.56 Å². The second-order valence-corrected chi connectivity index (χ2v) is 2.78. The Morgan fingerprint density at radius 1 is 1.64 bits per heavy atom. The van der Waals surface area contributed by atoms with Crippen molar-refractivity contribution in [3.8, 4) is 6.19 Å². The molecular weight excluding hydrogens is 182 g/mol. The molecule has 0 fully saturated rings. The summed E-state index contributed by atoms with van der Waals surface area (Å²) in [6.45, 7) is 2.00. The smallest absolute Gasteiger partial charge is 0.272 e. The molecule has 1 rings (SSSR count). The standard InChI is InChI=1S/C9H9N3O2/c1-7-8(5-11-6-10)3-2-4-9(7)12(13)14/h2-4,11H,5H2,1H3. The van der Waals surface area contributed by atoms with E-state index in [1.807, 2.05) is 0 Å². The van der Waals surface area contributed by atoms with Crippen molar-refractivity contribution in [1.82, 2.24) is 5.32 Å². The van der Waals surface area contributed by atoms with Crippen LogP contribution in [0.2, 0.25) is 0 Å². The van der Waals surface area contributed by atoms with Gasteiger partial charge in [0, 0.05) is 11.6 Å². The number of nitriles is 1. The van der Waals surface area contributed by atoms with Crippen LogP contribution in [0.25, 0.3) is 0 Å². The molecule has 0 unspecified atom stereocenters. The minimum Gasteiger partial charge on any atom is -0.319 e. The lowest BCUT2D eigenvalue weighted by Crippen LogP contribution is -2.07. The molecule has 5 nitrogen and oxygen atoms in total. The molecule has 14 heavy (non-hydrogen) atoms. The first kappa shape index (κ1) is 9.99. The molecule has 0 aromatic heterocycles. The zero-order valence-corrected chi connectivity index (χ0v) is 7.65. The molecule has 0 aliphatic rings. The molecule has 0 atom stereocenters. The second kappa shape index (κ2) is 4.23. The van der Waals surface area contributed by atoms with Crippen molar-refractivity contribution >= 4 is 5.69 Å². The Morgan fingerprint density at radius 3 is 2.93 bits per heavy atom. The largest absolute Gasteiger partial charge is 0.319 e. The summed E-state index contributed by atoms with van der Waals surface area (Å²) in [5, 5.41) is 21.3. The summed E-state index contributed by atoms with van der Waals surface area (Å²) in [7, 11) is 0. The van der Waals surface area contributed by atoms with E-state index in [1.165, 1.54) is 6.07 Å². The molecule has 1 N–H and O–H groups in total. The minimum absolute atomic E-state index is 0.0854. The molecule has 5 heteroatoms. The fourth-order valence-electron chi connectivity index (χ4n) is 1.19. The summed E-state index contributed by atoms with van der Waals surface area (Å²) in [6, 6.07) is 4.82. The second-order valence-electron chi connectivity index (χ2n) is 2.78. The van der Waals surface area contributed by atoms with Crippen molar-refractivity contribution in [2.75, 3.05) is 0 Å². The Morgan fingerprint density at radius 2 is 2.36 bits per heavy atom. The molecule has 1 aromatic carbocycles. The first-order chi connectivity index (χ1) is 6.66. The summed E-state index contributed by atoms with van der Waals surface area (Å²) >= 11 is 0. The average Bonchev–Trinajstić information content (AvgIpc) is 2.16. The van der Waals surface area contributed by atoms with E-state index in [2.05, 4.69) is 5.32 Å². The third-order valence-electron chi connectivity index (χ3n) is 1.97. The molecule has 1 aromatic rings. The van der Waals surface area contributed by atoms with Gasteiger partial charge in [0.05, 0.1) is 11.5 Å². The van der Waals surface area contributed by atoms with Crippen LogP contribution in [0.4, 0.5) is 5.69 Å². The van der Waals surface area contributed by atoms with Gasteiger partial charge in [-0.3, -0.25) is 10.1 Å². The summed E-state index contributed by atoms with van der Waals surface area (Å²) in [6.07, 6.45) is 1.77. The Balaban J connectivity index is 3.02. The van der Waals surface area contributed by atoms with E-state index in [9.17, 15) is 10.1 Å². The van der Waals surface area contributed by atoms with Crippen molar-refractivity contribution in [2.45, 2.75) is 13.5 Å². The predicted molar refractivity (Wildman–Crippen MR) is 50.3 cm³/mol. The number of nitro groups is 1. The molecule has 0 amide bonds. The Kier molecular flexibility index (Phi) is 3.02. The fraction of sp³-hybridized carbons (Fsp3) is 0.222. The quantitative estimate of drug-likeness (QED) is 0.339. The highest BCUT2D eigenvalue weighted by Gasteiger charge is 2.12. The van der Waals surface area contributed by atoms with Crippen LogP contribution in [0.5, 0.6) is 0 Å². The van der Waals surface area contributed by atoms with E-state index < -0.39 is 4.92 Å². The van der Waals surface area contributed by atoms with Gasteiger partial charge in [0.15, 0.2) is 6.19 Å². The first-order valence-electron chi connectivity index (χ1n) is 4.01.